The van der Waals surface area contributed by atoms with Crippen molar-refractivity contribution in [3.8, 4) is 6.07 Å². The van der Waals surface area contributed by atoms with Gasteiger partial charge in [-0.25, -0.2) is 19.6 Å². The maximum absolute atomic E-state index is 10.6. The Morgan fingerprint density at radius 1 is 1.00 bits per heavy atom. The van der Waals surface area contributed by atoms with Gasteiger partial charge in [0.1, 0.15) is 11.6 Å². The Morgan fingerprint density at radius 2 is 1.65 bits per heavy atom. The lowest BCUT2D eigenvalue weighted by molar-refractivity contribution is -0.193. The third-order valence-corrected chi connectivity index (χ3v) is 4.99. The number of alkyl halides is 6. The van der Waals surface area contributed by atoms with Crippen molar-refractivity contribution in [2.75, 3.05) is 11.9 Å². The molecule has 0 amide bonds. The van der Waals surface area contributed by atoms with Crippen LogP contribution in [0.2, 0.25) is 0 Å². The van der Waals surface area contributed by atoms with Crippen LogP contribution in [0.4, 0.5) is 32.2 Å². The van der Waals surface area contributed by atoms with Crippen LogP contribution in [-0.2, 0) is 35.8 Å². The van der Waals surface area contributed by atoms with Crippen LogP contribution in [0.15, 0.2) is 54.9 Å². The molecule has 0 spiro atoms. The van der Waals surface area contributed by atoms with Crippen LogP contribution >= 0.6 is 0 Å². The minimum atomic E-state index is -5.08. The molecule has 10 nitrogen and oxygen atoms in total. The molecule has 1 aliphatic heterocycles. The van der Waals surface area contributed by atoms with Gasteiger partial charge in [0.25, 0.3) is 0 Å². The molecule has 0 fully saturated rings. The largest absolute Gasteiger partial charge is 0.490 e. The molecule has 3 N–H and O–H groups in total. The van der Waals surface area contributed by atoms with E-state index < -0.39 is 24.3 Å². The van der Waals surface area contributed by atoms with Gasteiger partial charge in [-0.05, 0) is 29.8 Å². The van der Waals surface area contributed by atoms with E-state index >= 15 is 0 Å². The molecular weight excluding hydrogens is 550 g/mol. The first kappa shape index (κ1) is 31.6. The van der Waals surface area contributed by atoms with E-state index in [9.17, 15) is 26.3 Å². The van der Waals surface area contributed by atoms with Crippen LogP contribution < -0.4 is 5.32 Å². The van der Waals surface area contributed by atoms with E-state index in [1.165, 1.54) is 5.56 Å². The molecule has 2 aromatic heterocycles. The van der Waals surface area contributed by atoms with E-state index in [1.54, 1.807) is 6.20 Å². The second-order valence-corrected chi connectivity index (χ2v) is 8.04. The van der Waals surface area contributed by atoms with Crippen molar-refractivity contribution in [1.29, 1.82) is 5.26 Å². The molecule has 0 aliphatic carbocycles. The van der Waals surface area contributed by atoms with Gasteiger partial charge in [-0.3, -0.25) is 4.90 Å². The minimum absolute atomic E-state index is 0.668. The first-order valence-corrected chi connectivity index (χ1v) is 11.2. The molecule has 0 saturated carbocycles. The lowest BCUT2D eigenvalue weighted by Gasteiger charge is -2.27. The average molecular weight is 572 g/mol. The summed E-state index contributed by atoms with van der Waals surface area (Å²) in [6, 6.07) is 15.8. The summed E-state index contributed by atoms with van der Waals surface area (Å²) in [5, 5.41) is 26.6. The minimum Gasteiger partial charge on any atom is -0.475 e. The molecular formula is C24H22F6N6O4. The quantitative estimate of drug-likeness (QED) is 0.386. The number of carboxylic acid groups (broad SMARTS) is 2. The lowest BCUT2D eigenvalue weighted by atomic mass is 10.1. The number of rotatable bonds is 5. The first-order valence-electron chi connectivity index (χ1n) is 11.2. The topological polar surface area (TPSA) is 144 Å². The zero-order chi connectivity index (χ0) is 29.9. The summed E-state index contributed by atoms with van der Waals surface area (Å²) in [5.74, 6) is -3.57. The van der Waals surface area contributed by atoms with Crippen molar-refractivity contribution in [3.05, 3.63) is 77.5 Å². The summed E-state index contributed by atoms with van der Waals surface area (Å²) in [4.78, 5) is 29.2. The highest BCUT2D eigenvalue weighted by Crippen LogP contribution is 2.17. The van der Waals surface area contributed by atoms with Crippen LogP contribution in [0.1, 0.15) is 22.6 Å². The van der Waals surface area contributed by atoms with Gasteiger partial charge in [-0.15, -0.1) is 0 Å². The zero-order valence-electron chi connectivity index (χ0n) is 20.4. The summed E-state index contributed by atoms with van der Waals surface area (Å²) in [7, 11) is 0. The summed E-state index contributed by atoms with van der Waals surface area (Å²) in [6.45, 7) is 4.24. The molecule has 1 aliphatic rings. The number of anilines is 1. The van der Waals surface area contributed by atoms with Crippen LogP contribution in [0.3, 0.4) is 0 Å². The Morgan fingerprint density at radius 3 is 2.20 bits per heavy atom. The number of aromatic nitrogens is 3. The highest BCUT2D eigenvalue weighted by molar-refractivity contribution is 5.73. The van der Waals surface area contributed by atoms with Crippen LogP contribution in [0.5, 0.6) is 0 Å². The van der Waals surface area contributed by atoms with E-state index in [4.69, 9.17) is 30.0 Å². The fourth-order valence-electron chi connectivity index (χ4n) is 3.23. The smallest absolute Gasteiger partial charge is 0.475 e. The number of imidazole rings is 1. The number of carbonyl (C=O) groups is 2. The third kappa shape index (κ3) is 10.6. The molecule has 3 heterocycles. The number of hydrogen-bond acceptors (Lipinski definition) is 7. The number of nitrogens with one attached hydrogen (secondary N) is 1. The van der Waals surface area contributed by atoms with E-state index in [0.29, 0.717) is 12.1 Å². The van der Waals surface area contributed by atoms with Gasteiger partial charge in [0.15, 0.2) is 0 Å². The van der Waals surface area contributed by atoms with Crippen molar-refractivity contribution in [2.45, 2.75) is 38.5 Å². The Bertz CT molecular complexity index is 1300. The lowest BCUT2D eigenvalue weighted by Crippen LogP contribution is -2.33. The fourth-order valence-corrected chi connectivity index (χ4v) is 3.23. The third-order valence-electron chi connectivity index (χ3n) is 4.99. The van der Waals surface area contributed by atoms with Gasteiger partial charge in [-0.2, -0.15) is 31.6 Å². The zero-order valence-corrected chi connectivity index (χ0v) is 20.4. The Hall–Kier alpha value is -4.65. The van der Waals surface area contributed by atoms with Crippen molar-refractivity contribution >= 4 is 17.8 Å². The van der Waals surface area contributed by atoms with Crippen molar-refractivity contribution in [1.82, 2.24) is 19.4 Å². The van der Waals surface area contributed by atoms with Crippen molar-refractivity contribution < 1.29 is 46.1 Å². The fraction of sp³-hybridized carbons (Fsp3) is 0.292. The number of hydrogen-bond donors (Lipinski definition) is 3. The number of nitriles is 1. The molecule has 0 bridgehead atoms. The molecule has 3 aromatic rings. The van der Waals surface area contributed by atoms with Crippen molar-refractivity contribution in [3.63, 3.8) is 0 Å². The molecule has 4 rings (SSSR count). The number of nitrogens with zero attached hydrogens (tertiary/aromatic N) is 5. The number of carboxylic acids is 2. The second kappa shape index (κ2) is 13.9. The van der Waals surface area contributed by atoms with Gasteiger partial charge in [-0.1, -0.05) is 18.2 Å². The standard InChI is InChI=1S/C20H20N6.2C2HF3O2/c21-11-16-4-3-5-17(10-16)13-25-8-9-26-14-18(24-20(26)15-25)12-23-19-6-1-2-7-22-19;2*3-2(4,5)1(6)7/h1-7,10,14H,8-9,12-13,15H2,(H,22,23);2*(H,6,7). The highest BCUT2D eigenvalue weighted by Gasteiger charge is 2.38. The van der Waals surface area contributed by atoms with E-state index in [2.05, 4.69) is 38.1 Å². The van der Waals surface area contributed by atoms with Crippen LogP contribution in [0.25, 0.3) is 0 Å². The normalized spacial score (nSPS) is 12.9. The monoisotopic (exact) mass is 572 g/mol. The SMILES string of the molecule is N#Cc1cccc(CN2CCn3cc(CNc4ccccn4)nc3C2)c1.O=C(O)C(F)(F)F.O=C(O)C(F)(F)F. The van der Waals surface area contributed by atoms with E-state index in [1.807, 2.05) is 36.4 Å². The first-order chi connectivity index (χ1) is 18.7. The molecule has 214 valence electrons. The van der Waals surface area contributed by atoms with Gasteiger partial charge < -0.3 is 20.1 Å². The molecule has 0 radical (unpaired) electrons. The average Bonchev–Trinajstić information content (AvgIpc) is 3.30. The molecule has 0 atom stereocenters. The van der Waals surface area contributed by atoms with Gasteiger partial charge in [0, 0.05) is 32.0 Å². The number of fused-ring (bicyclic) bond motifs is 1. The van der Waals surface area contributed by atoms with E-state index in [0.717, 1.165) is 43.5 Å². The van der Waals surface area contributed by atoms with Crippen molar-refractivity contribution in [2.24, 2.45) is 0 Å². The maximum Gasteiger partial charge on any atom is 0.490 e. The summed E-state index contributed by atoms with van der Waals surface area (Å²) >= 11 is 0. The molecule has 16 heteroatoms. The number of pyridine rings is 1. The molecule has 0 saturated heterocycles. The maximum atomic E-state index is 10.6. The van der Waals surface area contributed by atoms with Gasteiger partial charge >= 0.3 is 24.3 Å². The Balaban J connectivity index is 0.000000333. The Labute approximate surface area is 223 Å². The number of aliphatic carboxylic acids is 2. The summed E-state index contributed by atoms with van der Waals surface area (Å²) in [5.41, 5.74) is 2.91. The number of benzene rings is 1. The second-order valence-electron chi connectivity index (χ2n) is 8.04. The summed E-state index contributed by atoms with van der Waals surface area (Å²) < 4.78 is 65.7. The predicted octanol–water partition coefficient (Wildman–Crippen LogP) is 4.04. The van der Waals surface area contributed by atoms with E-state index in [-0.39, 0.29) is 0 Å². The highest BCUT2D eigenvalue weighted by atomic mass is 19.4. The molecule has 1 aromatic carbocycles. The molecule has 40 heavy (non-hydrogen) atoms. The summed E-state index contributed by atoms with van der Waals surface area (Å²) in [6.07, 6.45) is -6.27. The van der Waals surface area contributed by atoms with Gasteiger partial charge in [0.05, 0.1) is 30.4 Å². The molecule has 0 unspecified atom stereocenters. The Kier molecular flexibility index (Phi) is 11.0. The van der Waals surface area contributed by atoms with Crippen LogP contribution in [-0.4, -0.2) is 60.5 Å². The van der Waals surface area contributed by atoms with Gasteiger partial charge in [0.2, 0.25) is 0 Å². The number of halogens is 6. The van der Waals surface area contributed by atoms with Crippen LogP contribution in [0, 0.1) is 11.3 Å². The predicted molar refractivity (Wildman–Crippen MR) is 126 cm³/mol.